The molecule has 0 aromatic heterocycles. The summed E-state index contributed by atoms with van der Waals surface area (Å²) >= 11 is 0. The first-order valence-electron chi connectivity index (χ1n) is 47.8. The van der Waals surface area contributed by atoms with Crippen LogP contribution in [0.5, 0.6) is 11.5 Å². The van der Waals surface area contributed by atoms with E-state index >= 15 is 4.79 Å². The predicted molar refractivity (Wildman–Crippen MR) is 496 cm³/mol. The van der Waals surface area contributed by atoms with Crippen molar-refractivity contribution in [1.82, 2.24) is 36.4 Å². The third-order valence-electron chi connectivity index (χ3n) is 23.7. The highest BCUT2D eigenvalue weighted by molar-refractivity contribution is 5.86. The zero-order valence-corrected chi connectivity index (χ0v) is 82.3. The van der Waals surface area contributed by atoms with E-state index in [0.29, 0.717) is 125 Å². The SMILES string of the molecule is COc1ccc(C(OCC(OC(=O)CCC(C)=O)C(=O)N(CCCCN(CCCNC(=O)CCCCCCO[C@@H]2OC(COC(C)=O)[C@H](OC(C)=O)[C@H](C)C2NC(C)=O)C(=O)CCCCCCO[C@@H]2OC(COC(C)=O)[C@H](OC(C)=O)[C@H](C)C2NC(C)=O)CCCNC(=O)CCCCCCO[C@@H]2OC(COC(C)=O)[C@H](OC(C)=O)[C@H](C)C2NC(C)=O)(c2ccccc2)c2ccc(OC)cc2)cc1. The minimum Gasteiger partial charge on any atom is -0.497 e. The van der Waals surface area contributed by atoms with Crippen LogP contribution < -0.4 is 36.1 Å². The number of rotatable bonds is 62. The quantitative estimate of drug-likeness (QED) is 0.0152. The summed E-state index contributed by atoms with van der Waals surface area (Å²) in [7, 11) is 3.09. The van der Waals surface area contributed by atoms with Crippen molar-refractivity contribution < 1.29 is 148 Å². The van der Waals surface area contributed by atoms with Crippen LogP contribution in [0.15, 0.2) is 78.9 Å². The van der Waals surface area contributed by atoms with Crippen LogP contribution in [-0.2, 0) is 144 Å². The van der Waals surface area contributed by atoms with Gasteiger partial charge in [0.25, 0.3) is 5.91 Å². The summed E-state index contributed by atoms with van der Waals surface area (Å²) in [6.07, 6.45) is -1.40. The number of hydrogen-bond donors (Lipinski definition) is 5. The molecule has 0 spiro atoms. The van der Waals surface area contributed by atoms with E-state index in [-0.39, 0.29) is 159 Å². The summed E-state index contributed by atoms with van der Waals surface area (Å²) < 4.78 is 94.2. The van der Waals surface area contributed by atoms with Crippen molar-refractivity contribution in [3.05, 3.63) is 95.6 Å². The van der Waals surface area contributed by atoms with Gasteiger partial charge in [-0.25, -0.2) is 0 Å². The van der Waals surface area contributed by atoms with Gasteiger partial charge < -0.3 is 117 Å². The molecule has 3 heterocycles. The average Bonchev–Trinajstić information content (AvgIpc) is 0.750. The Morgan fingerprint density at radius 2 is 0.723 bits per heavy atom. The Hall–Kier alpha value is -10.8. The predicted octanol–water partition coefficient (Wildman–Crippen LogP) is 8.73. The molecule has 3 saturated heterocycles. The summed E-state index contributed by atoms with van der Waals surface area (Å²) in [6, 6.07) is 21.6. The number of carbonyl (C=O) groups is 15. The molecule has 7 unspecified atom stereocenters. The van der Waals surface area contributed by atoms with Gasteiger partial charge in [-0.2, -0.15) is 0 Å². The number of unbranched alkanes of at least 4 members (excludes halogenated alkanes) is 10. The van der Waals surface area contributed by atoms with Crippen LogP contribution in [0.1, 0.15) is 242 Å². The third kappa shape index (κ3) is 40.7. The molecular weight excluding hydrogens is 1780 g/mol. The van der Waals surface area contributed by atoms with Gasteiger partial charge in [0, 0.05) is 165 Å². The fraction of sp³-hybridized carbons (Fsp3) is 0.667. The Balaban J connectivity index is 1.19. The van der Waals surface area contributed by atoms with Gasteiger partial charge in [-0.05, 0) is 112 Å². The molecule has 0 aliphatic carbocycles. The topological polar surface area (TPSA) is 470 Å². The van der Waals surface area contributed by atoms with E-state index in [2.05, 4.69) is 26.6 Å². The van der Waals surface area contributed by atoms with Gasteiger partial charge in [0.05, 0.1) is 45.4 Å². The summed E-state index contributed by atoms with van der Waals surface area (Å²) in [6.45, 7) is 18.6. The molecule has 16 atom stereocenters. The van der Waals surface area contributed by atoms with Crippen molar-refractivity contribution in [3.63, 3.8) is 0 Å². The number of hydrogen-bond acceptors (Lipinski definition) is 31. The molecule has 0 saturated carbocycles. The molecule has 38 heteroatoms. The summed E-state index contributed by atoms with van der Waals surface area (Å²) in [5.74, 6) is -7.23. The number of amides is 7. The lowest BCUT2D eigenvalue weighted by atomic mass is 9.80. The van der Waals surface area contributed by atoms with E-state index in [1.165, 1.54) is 69.2 Å². The largest absolute Gasteiger partial charge is 0.497 e. The Kier molecular flexibility index (Phi) is 51.6. The Labute approximate surface area is 804 Å². The van der Waals surface area contributed by atoms with Crippen LogP contribution in [-0.4, -0.2) is 278 Å². The van der Waals surface area contributed by atoms with E-state index in [1.54, 1.807) is 69.1 Å². The highest BCUT2D eigenvalue weighted by atomic mass is 16.7. The Bertz CT molecular complexity index is 4240. The van der Waals surface area contributed by atoms with Crippen molar-refractivity contribution in [3.8, 4) is 11.5 Å². The number of Topliss-reactive ketones (excluding diaryl/α,β-unsaturated/α-hetero) is 1. The molecule has 0 radical (unpaired) electrons. The van der Waals surface area contributed by atoms with Crippen LogP contribution in [0.3, 0.4) is 0 Å². The molecule has 137 heavy (non-hydrogen) atoms. The lowest BCUT2D eigenvalue weighted by molar-refractivity contribution is -0.262. The maximum absolute atomic E-state index is 15.8. The minimum absolute atomic E-state index is 0.0418. The smallest absolute Gasteiger partial charge is 0.307 e. The lowest BCUT2D eigenvalue weighted by Gasteiger charge is -2.44. The number of esters is 7. The van der Waals surface area contributed by atoms with Crippen molar-refractivity contribution >= 4 is 88.9 Å². The van der Waals surface area contributed by atoms with Gasteiger partial charge in [0.2, 0.25) is 41.5 Å². The van der Waals surface area contributed by atoms with Gasteiger partial charge in [0.1, 0.15) is 79.3 Å². The standard InChI is InChI=1S/C99H147N7O31/c1-63(107)40-49-88(120)134-84(62-130-99(76-35-23-22-24-36-76,77-41-45-79(122-14)46-42-77)78-43-47-80(123-15)48-44-78)95(121)106(55-34-51-101-86(118)38-26-17-20-31-57-125-97-90(103-68(6)109)65(3)93(132-74(12)115)82(136-97)60-128-71(9)112)53-29-28-52-105(87(119)39-27-18-21-32-58-126-98-91(104-69(7)110)66(4)94(133-75(13)116)83(137-98)61-129-72(10)113)54-33-50-100-85(117)37-25-16-19-30-56-124-96-89(102-67(5)108)64(2)92(131-73(11)114)81(135-96)59-127-70(8)111/h22-24,35-36,41-48,64-66,81-84,89-94,96-98H,16-21,25-34,37-40,49-62H2,1-15H3,(H,100,117)(H,101,118)(H,102,108)(H,103,109)(H,104,110)/t64-,65-,66-,81?,82?,83?,84?,89?,90?,91?,92-,93-,94-,96-,97-,98-/m1/s1. The van der Waals surface area contributed by atoms with E-state index < -0.39 is 157 Å². The number of carbonyl (C=O) groups excluding carboxylic acids is 15. The van der Waals surface area contributed by atoms with Crippen molar-refractivity contribution in [2.24, 2.45) is 17.8 Å². The highest BCUT2D eigenvalue weighted by Crippen LogP contribution is 2.43. The molecule has 764 valence electrons. The highest BCUT2D eigenvalue weighted by Gasteiger charge is 2.51. The summed E-state index contributed by atoms with van der Waals surface area (Å²) in [5, 5.41) is 14.6. The molecular formula is C99H147N7O31. The molecule has 0 bridgehead atoms. The lowest BCUT2D eigenvalue weighted by Crippen LogP contribution is -2.62. The first kappa shape index (κ1) is 115. The van der Waals surface area contributed by atoms with E-state index in [9.17, 15) is 67.1 Å². The number of benzene rings is 3. The van der Waals surface area contributed by atoms with Crippen molar-refractivity contribution in [2.45, 2.75) is 310 Å². The van der Waals surface area contributed by atoms with Crippen LogP contribution in [0.4, 0.5) is 0 Å². The van der Waals surface area contributed by atoms with E-state index in [0.717, 1.165) is 0 Å². The number of ether oxygens (including phenoxy) is 16. The number of nitrogens with one attached hydrogen (secondary N) is 5. The van der Waals surface area contributed by atoms with Crippen LogP contribution >= 0.6 is 0 Å². The van der Waals surface area contributed by atoms with E-state index in [4.69, 9.17) is 75.8 Å². The summed E-state index contributed by atoms with van der Waals surface area (Å²) in [5.41, 5.74) is 0.400. The number of methoxy groups -OCH3 is 2. The Morgan fingerprint density at radius 1 is 0.380 bits per heavy atom. The molecule has 38 nitrogen and oxygen atoms in total. The van der Waals surface area contributed by atoms with Gasteiger partial charge in [-0.15, -0.1) is 0 Å². The second kappa shape index (κ2) is 61.5. The maximum atomic E-state index is 15.8. The van der Waals surface area contributed by atoms with Crippen LogP contribution in [0, 0.1) is 17.8 Å². The summed E-state index contributed by atoms with van der Waals surface area (Å²) in [4.78, 5) is 197. The molecule has 3 aromatic carbocycles. The zero-order valence-electron chi connectivity index (χ0n) is 82.3. The molecule has 6 rings (SSSR count). The fourth-order valence-electron chi connectivity index (χ4n) is 16.8. The average molecular weight is 1930 g/mol. The van der Waals surface area contributed by atoms with Crippen LogP contribution in [0.2, 0.25) is 0 Å². The Morgan fingerprint density at radius 3 is 1.07 bits per heavy atom. The van der Waals surface area contributed by atoms with Gasteiger partial charge in [-0.1, -0.05) is 114 Å². The number of nitrogens with zero attached hydrogens (tertiary/aromatic N) is 2. The van der Waals surface area contributed by atoms with Gasteiger partial charge >= 0.3 is 41.8 Å². The minimum atomic E-state index is -1.62. The maximum Gasteiger partial charge on any atom is 0.307 e. The molecule has 3 aliphatic heterocycles. The van der Waals surface area contributed by atoms with Gasteiger partial charge in [0.15, 0.2) is 18.9 Å². The second-order valence-electron chi connectivity index (χ2n) is 34.9. The normalized spacial score (nSPS) is 21.4. The molecule has 3 fully saturated rings. The number of ketones is 1. The monoisotopic (exact) mass is 1930 g/mol. The molecule has 5 N–H and O–H groups in total. The van der Waals surface area contributed by atoms with Crippen molar-refractivity contribution in [1.29, 1.82) is 0 Å². The van der Waals surface area contributed by atoms with Crippen molar-refractivity contribution in [2.75, 3.05) is 99.7 Å². The first-order chi connectivity index (χ1) is 65.4. The van der Waals surface area contributed by atoms with E-state index in [1.807, 2.05) is 54.6 Å². The molecule has 3 aromatic rings. The van der Waals surface area contributed by atoms with Gasteiger partial charge in [-0.3, -0.25) is 67.1 Å². The van der Waals surface area contributed by atoms with Crippen LogP contribution in [0.25, 0.3) is 0 Å². The molecule has 7 amide bonds. The second-order valence-corrected chi connectivity index (χ2v) is 34.9. The zero-order chi connectivity index (χ0) is 101. The molecule has 3 aliphatic rings. The third-order valence-corrected chi connectivity index (χ3v) is 23.7. The first-order valence-corrected chi connectivity index (χ1v) is 47.8. The fourth-order valence-corrected chi connectivity index (χ4v) is 16.8.